The van der Waals surface area contributed by atoms with E-state index >= 15 is 0 Å². The van der Waals surface area contributed by atoms with Crippen LogP contribution in [0.4, 0.5) is 0 Å². The van der Waals surface area contributed by atoms with Crippen LogP contribution >= 0.6 is 0 Å². The lowest BCUT2D eigenvalue weighted by molar-refractivity contribution is 0.298. The first-order valence-corrected chi connectivity index (χ1v) is 9.42. The van der Waals surface area contributed by atoms with Crippen LogP contribution in [-0.4, -0.2) is 19.8 Å². The molecule has 0 saturated heterocycles. The van der Waals surface area contributed by atoms with E-state index in [1.54, 1.807) is 0 Å². The standard InChI is InChI=1S/C20H33NO2/c1-3-12-22-19-11-10-18(20(14-19)23-13-4-2)16-21-15-17-8-6-5-7-9-17/h10-11,14,17,21H,3-9,12-13,15-16H2,1-2H3. The predicted octanol–water partition coefficient (Wildman–Crippen LogP) is 4.93. The van der Waals surface area contributed by atoms with E-state index in [1.165, 1.54) is 37.7 Å². The van der Waals surface area contributed by atoms with Crippen LogP contribution in [0.3, 0.4) is 0 Å². The molecule has 1 aromatic carbocycles. The monoisotopic (exact) mass is 319 g/mol. The second-order valence-corrected chi connectivity index (χ2v) is 6.60. The number of nitrogens with one attached hydrogen (secondary N) is 1. The van der Waals surface area contributed by atoms with Crippen molar-refractivity contribution >= 4 is 0 Å². The maximum Gasteiger partial charge on any atom is 0.127 e. The van der Waals surface area contributed by atoms with Crippen molar-refractivity contribution in [3.8, 4) is 11.5 Å². The fraction of sp³-hybridized carbons (Fsp3) is 0.700. The fourth-order valence-electron chi connectivity index (χ4n) is 3.14. The number of ether oxygens (including phenoxy) is 2. The summed E-state index contributed by atoms with van der Waals surface area (Å²) in [5.74, 6) is 2.74. The molecule has 2 rings (SSSR count). The minimum absolute atomic E-state index is 0.756. The summed E-state index contributed by atoms with van der Waals surface area (Å²) in [6.07, 6.45) is 9.04. The molecule has 0 atom stereocenters. The van der Waals surface area contributed by atoms with Crippen molar-refractivity contribution in [2.75, 3.05) is 19.8 Å². The van der Waals surface area contributed by atoms with E-state index in [0.717, 1.165) is 56.6 Å². The topological polar surface area (TPSA) is 30.5 Å². The van der Waals surface area contributed by atoms with Gasteiger partial charge in [0.1, 0.15) is 11.5 Å². The van der Waals surface area contributed by atoms with Crippen LogP contribution in [0, 0.1) is 5.92 Å². The molecule has 0 bridgehead atoms. The molecule has 1 fully saturated rings. The molecular formula is C20H33NO2. The molecule has 1 aliphatic carbocycles. The van der Waals surface area contributed by atoms with Crippen molar-refractivity contribution in [1.29, 1.82) is 0 Å². The third-order valence-electron chi connectivity index (χ3n) is 4.45. The van der Waals surface area contributed by atoms with Crippen molar-refractivity contribution in [1.82, 2.24) is 5.32 Å². The lowest BCUT2D eigenvalue weighted by atomic mass is 9.89. The highest BCUT2D eigenvalue weighted by Crippen LogP contribution is 2.26. The van der Waals surface area contributed by atoms with Crippen LogP contribution in [0.25, 0.3) is 0 Å². The Labute approximate surface area is 141 Å². The summed E-state index contributed by atoms with van der Waals surface area (Å²) >= 11 is 0. The Bertz CT molecular complexity index is 441. The highest BCUT2D eigenvalue weighted by atomic mass is 16.5. The summed E-state index contributed by atoms with van der Waals surface area (Å²) in [6, 6.07) is 6.25. The van der Waals surface area contributed by atoms with E-state index in [4.69, 9.17) is 9.47 Å². The lowest BCUT2D eigenvalue weighted by Crippen LogP contribution is -2.24. The molecule has 0 spiro atoms. The maximum absolute atomic E-state index is 5.93. The van der Waals surface area contributed by atoms with Crippen LogP contribution in [0.1, 0.15) is 64.4 Å². The van der Waals surface area contributed by atoms with Gasteiger partial charge in [-0.2, -0.15) is 0 Å². The number of benzene rings is 1. The highest BCUT2D eigenvalue weighted by molar-refractivity contribution is 5.40. The summed E-state index contributed by atoms with van der Waals surface area (Å²) < 4.78 is 11.7. The van der Waals surface area contributed by atoms with Crippen molar-refractivity contribution in [3.05, 3.63) is 23.8 Å². The molecule has 0 aromatic heterocycles. The van der Waals surface area contributed by atoms with Gasteiger partial charge in [0.15, 0.2) is 0 Å². The van der Waals surface area contributed by atoms with Gasteiger partial charge in [-0.1, -0.05) is 39.2 Å². The largest absolute Gasteiger partial charge is 0.493 e. The smallest absolute Gasteiger partial charge is 0.127 e. The molecule has 1 N–H and O–H groups in total. The maximum atomic E-state index is 5.93. The molecule has 0 amide bonds. The van der Waals surface area contributed by atoms with E-state index in [-0.39, 0.29) is 0 Å². The van der Waals surface area contributed by atoms with Gasteiger partial charge in [-0.3, -0.25) is 0 Å². The van der Waals surface area contributed by atoms with Gasteiger partial charge in [0.2, 0.25) is 0 Å². The normalized spacial score (nSPS) is 15.6. The van der Waals surface area contributed by atoms with Crippen LogP contribution in [0.5, 0.6) is 11.5 Å². The van der Waals surface area contributed by atoms with Gasteiger partial charge in [-0.15, -0.1) is 0 Å². The van der Waals surface area contributed by atoms with Gasteiger partial charge in [0, 0.05) is 18.2 Å². The fourth-order valence-corrected chi connectivity index (χ4v) is 3.14. The molecule has 1 saturated carbocycles. The molecule has 0 radical (unpaired) electrons. The van der Waals surface area contributed by atoms with Crippen LogP contribution < -0.4 is 14.8 Å². The van der Waals surface area contributed by atoms with Gasteiger partial charge < -0.3 is 14.8 Å². The van der Waals surface area contributed by atoms with Crippen molar-refractivity contribution in [2.45, 2.75) is 65.3 Å². The molecule has 0 aliphatic heterocycles. The molecule has 3 heteroatoms. The number of hydrogen-bond donors (Lipinski definition) is 1. The first kappa shape index (κ1) is 18.1. The molecule has 0 unspecified atom stereocenters. The lowest BCUT2D eigenvalue weighted by Gasteiger charge is -2.22. The second-order valence-electron chi connectivity index (χ2n) is 6.60. The van der Waals surface area contributed by atoms with Gasteiger partial charge in [0.25, 0.3) is 0 Å². The minimum Gasteiger partial charge on any atom is -0.493 e. The SMILES string of the molecule is CCCOc1ccc(CNCC2CCCCC2)c(OCCC)c1. The summed E-state index contributed by atoms with van der Waals surface area (Å²) in [5.41, 5.74) is 1.23. The van der Waals surface area contributed by atoms with Crippen LogP contribution in [-0.2, 0) is 6.54 Å². The third-order valence-corrected chi connectivity index (χ3v) is 4.45. The number of hydrogen-bond acceptors (Lipinski definition) is 3. The van der Waals surface area contributed by atoms with Gasteiger partial charge in [-0.05, 0) is 44.2 Å². The molecule has 130 valence electrons. The first-order chi connectivity index (χ1) is 11.3. The quantitative estimate of drug-likeness (QED) is 0.663. The van der Waals surface area contributed by atoms with E-state index in [9.17, 15) is 0 Å². The van der Waals surface area contributed by atoms with Gasteiger partial charge >= 0.3 is 0 Å². The van der Waals surface area contributed by atoms with Crippen LogP contribution in [0.2, 0.25) is 0 Å². The summed E-state index contributed by atoms with van der Waals surface area (Å²) in [7, 11) is 0. The molecule has 1 aromatic rings. The van der Waals surface area contributed by atoms with Crippen molar-refractivity contribution in [2.24, 2.45) is 5.92 Å². The predicted molar refractivity (Wildman–Crippen MR) is 96.3 cm³/mol. The van der Waals surface area contributed by atoms with Crippen molar-refractivity contribution < 1.29 is 9.47 Å². The van der Waals surface area contributed by atoms with Crippen LogP contribution in [0.15, 0.2) is 18.2 Å². The van der Waals surface area contributed by atoms with E-state index in [1.807, 2.05) is 6.07 Å². The Morgan fingerprint density at radius 3 is 2.48 bits per heavy atom. The molecule has 3 nitrogen and oxygen atoms in total. The third kappa shape index (κ3) is 6.42. The summed E-state index contributed by atoms with van der Waals surface area (Å²) in [6.45, 7) is 7.78. The van der Waals surface area contributed by atoms with E-state index in [2.05, 4.69) is 31.3 Å². The first-order valence-electron chi connectivity index (χ1n) is 9.42. The zero-order valence-electron chi connectivity index (χ0n) is 14.9. The Morgan fingerprint density at radius 2 is 1.74 bits per heavy atom. The van der Waals surface area contributed by atoms with Crippen molar-refractivity contribution in [3.63, 3.8) is 0 Å². The average molecular weight is 319 g/mol. The number of rotatable bonds is 10. The minimum atomic E-state index is 0.756. The summed E-state index contributed by atoms with van der Waals surface area (Å²) in [5, 5.41) is 3.63. The Morgan fingerprint density at radius 1 is 1.00 bits per heavy atom. The zero-order chi connectivity index (χ0) is 16.3. The molecule has 1 aliphatic rings. The Balaban J connectivity index is 1.89. The van der Waals surface area contributed by atoms with E-state index < -0.39 is 0 Å². The molecular weight excluding hydrogens is 286 g/mol. The second kappa shape index (κ2) is 10.5. The molecule has 0 heterocycles. The Hall–Kier alpha value is -1.22. The van der Waals surface area contributed by atoms with E-state index in [0.29, 0.717) is 0 Å². The Kier molecular flexibility index (Phi) is 8.30. The van der Waals surface area contributed by atoms with Gasteiger partial charge in [0.05, 0.1) is 13.2 Å². The zero-order valence-corrected chi connectivity index (χ0v) is 14.9. The average Bonchev–Trinajstić information content (AvgIpc) is 2.60. The molecule has 23 heavy (non-hydrogen) atoms. The highest BCUT2D eigenvalue weighted by Gasteiger charge is 2.13. The van der Waals surface area contributed by atoms with Gasteiger partial charge in [-0.25, -0.2) is 0 Å². The summed E-state index contributed by atoms with van der Waals surface area (Å²) in [4.78, 5) is 0.